The fraction of sp³-hybridized carbons (Fsp3) is 0. The Morgan fingerprint density at radius 3 is 1.68 bits per heavy atom. The molecule has 0 aliphatic heterocycles. The Bertz CT molecular complexity index is 3500. The van der Waals surface area contributed by atoms with Crippen LogP contribution in [0.2, 0.25) is 0 Å². The van der Waals surface area contributed by atoms with Crippen LogP contribution in [0.1, 0.15) is 0 Å². The van der Waals surface area contributed by atoms with Gasteiger partial charge in [0.05, 0.1) is 11.0 Å². The van der Waals surface area contributed by atoms with Crippen molar-refractivity contribution in [3.05, 3.63) is 218 Å². The summed E-state index contributed by atoms with van der Waals surface area (Å²) in [5.41, 5.74) is 13.3. The first-order chi connectivity index (χ1) is 29.3. The first-order valence-electron chi connectivity index (χ1n) is 20.2. The Hall–Kier alpha value is -7.88. The van der Waals surface area contributed by atoms with Gasteiger partial charge in [0.2, 0.25) is 0 Å². The highest BCUT2D eigenvalue weighted by atomic mass is 16.3. The number of fused-ring (bicyclic) bond motifs is 9. The van der Waals surface area contributed by atoms with Crippen LogP contribution in [0.4, 0.5) is 17.1 Å². The van der Waals surface area contributed by atoms with E-state index >= 15 is 0 Å². The summed E-state index contributed by atoms with van der Waals surface area (Å²) in [6.45, 7) is 0. The molecule has 0 aliphatic carbocycles. The van der Waals surface area contributed by atoms with Crippen LogP contribution in [0.25, 0.3) is 93.2 Å². The Morgan fingerprint density at radius 2 is 0.932 bits per heavy atom. The summed E-state index contributed by atoms with van der Waals surface area (Å²) in [5, 5.41) is 9.57. The van der Waals surface area contributed by atoms with Crippen LogP contribution in [0.5, 0.6) is 0 Å². The van der Waals surface area contributed by atoms with Crippen LogP contribution in [-0.2, 0) is 0 Å². The molecule has 2 aromatic heterocycles. The predicted octanol–water partition coefficient (Wildman–Crippen LogP) is 15.8. The minimum atomic E-state index is 0.896. The zero-order valence-corrected chi connectivity index (χ0v) is 32.1. The Labute approximate surface area is 341 Å². The number of nitrogens with zero attached hydrogens (tertiary/aromatic N) is 2. The maximum atomic E-state index is 6.55. The third kappa shape index (κ3) is 5.36. The van der Waals surface area contributed by atoms with Gasteiger partial charge >= 0.3 is 0 Å². The summed E-state index contributed by atoms with van der Waals surface area (Å²) in [6.07, 6.45) is 0. The van der Waals surface area contributed by atoms with E-state index in [9.17, 15) is 0 Å². The second-order valence-electron chi connectivity index (χ2n) is 15.3. The fourth-order valence-electron chi connectivity index (χ4n) is 9.27. The molecule has 0 atom stereocenters. The molecule has 0 amide bonds. The van der Waals surface area contributed by atoms with Gasteiger partial charge in [0.15, 0.2) is 0 Å². The number of furan rings is 1. The van der Waals surface area contributed by atoms with Gasteiger partial charge in [-0.1, -0.05) is 146 Å². The van der Waals surface area contributed by atoms with E-state index in [4.69, 9.17) is 4.42 Å². The van der Waals surface area contributed by atoms with Gasteiger partial charge in [-0.25, -0.2) is 0 Å². The van der Waals surface area contributed by atoms with Crippen molar-refractivity contribution in [2.45, 2.75) is 0 Å². The Kier molecular flexibility index (Phi) is 7.54. The largest absolute Gasteiger partial charge is 0.455 e. The summed E-state index contributed by atoms with van der Waals surface area (Å²) in [6, 6.07) is 78.7. The summed E-state index contributed by atoms with van der Waals surface area (Å²) < 4.78 is 8.93. The summed E-state index contributed by atoms with van der Waals surface area (Å²) in [7, 11) is 0. The molecule has 12 aromatic rings. The van der Waals surface area contributed by atoms with Crippen molar-refractivity contribution in [3.8, 4) is 27.9 Å². The van der Waals surface area contributed by atoms with E-state index in [1.807, 2.05) is 0 Å². The highest BCUT2D eigenvalue weighted by Crippen LogP contribution is 2.43. The molecule has 59 heavy (non-hydrogen) atoms. The lowest BCUT2D eigenvalue weighted by molar-refractivity contribution is 0.673. The van der Waals surface area contributed by atoms with E-state index < -0.39 is 0 Å². The molecule has 0 bridgehead atoms. The van der Waals surface area contributed by atoms with Crippen molar-refractivity contribution in [1.29, 1.82) is 0 Å². The van der Waals surface area contributed by atoms with Crippen LogP contribution >= 0.6 is 0 Å². The molecule has 0 radical (unpaired) electrons. The third-order valence-electron chi connectivity index (χ3n) is 12.0. The van der Waals surface area contributed by atoms with Gasteiger partial charge in [0, 0.05) is 49.7 Å². The second kappa shape index (κ2) is 13.4. The Balaban J connectivity index is 0.998. The van der Waals surface area contributed by atoms with E-state index in [2.05, 4.69) is 228 Å². The van der Waals surface area contributed by atoms with Crippen LogP contribution < -0.4 is 4.90 Å². The summed E-state index contributed by atoms with van der Waals surface area (Å²) in [5.74, 6) is 0. The number of anilines is 3. The molecule has 276 valence electrons. The standard InChI is InChI=1S/C56H36N2O/c1-3-17-45-37(12-1)14-10-21-46(45)40-15-9-16-44(36-40)57(42-31-33-43(34-32-42)58-52-23-7-5-19-49(52)50-20-6-8-24-53(50)58)41-29-26-39(27-30-41)47-22-11-25-54-55(47)51-35-28-38-13-2-4-18-48(38)56(51)59-54/h1-36H. The van der Waals surface area contributed by atoms with E-state index in [0.717, 1.165) is 61.2 Å². The molecule has 10 aromatic carbocycles. The number of para-hydroxylation sites is 2. The summed E-state index contributed by atoms with van der Waals surface area (Å²) in [4.78, 5) is 2.37. The summed E-state index contributed by atoms with van der Waals surface area (Å²) >= 11 is 0. The smallest absolute Gasteiger partial charge is 0.143 e. The minimum Gasteiger partial charge on any atom is -0.455 e. The highest BCUT2D eigenvalue weighted by molar-refractivity contribution is 6.19. The van der Waals surface area contributed by atoms with Gasteiger partial charge in [0.1, 0.15) is 11.2 Å². The van der Waals surface area contributed by atoms with Gasteiger partial charge in [-0.2, -0.15) is 0 Å². The van der Waals surface area contributed by atoms with E-state index in [-0.39, 0.29) is 0 Å². The van der Waals surface area contributed by atoms with Crippen molar-refractivity contribution >= 4 is 82.4 Å². The van der Waals surface area contributed by atoms with E-state index in [1.165, 1.54) is 49.1 Å². The lowest BCUT2D eigenvalue weighted by atomic mass is 9.97. The maximum Gasteiger partial charge on any atom is 0.143 e. The van der Waals surface area contributed by atoms with Crippen LogP contribution in [0.3, 0.4) is 0 Å². The SMILES string of the molecule is c1cc(-c2cccc3ccccc23)cc(N(c2ccc(-c3cccc4oc5c6ccccc6ccc5c34)cc2)c2ccc(-n3c4ccccc4c4ccccc43)cc2)c1. The molecule has 2 heterocycles. The van der Waals surface area contributed by atoms with Crippen LogP contribution in [-0.4, -0.2) is 4.57 Å². The molecule has 12 rings (SSSR count). The third-order valence-corrected chi connectivity index (χ3v) is 12.0. The average Bonchev–Trinajstić information content (AvgIpc) is 3.86. The van der Waals surface area contributed by atoms with Crippen molar-refractivity contribution in [2.24, 2.45) is 0 Å². The van der Waals surface area contributed by atoms with Crippen molar-refractivity contribution < 1.29 is 4.42 Å². The molecule has 0 spiro atoms. The number of hydrogen-bond acceptors (Lipinski definition) is 2. The number of rotatable bonds is 6. The molecule has 0 unspecified atom stereocenters. The van der Waals surface area contributed by atoms with Crippen molar-refractivity contribution in [1.82, 2.24) is 4.57 Å². The quantitative estimate of drug-likeness (QED) is 0.169. The molecule has 0 N–H and O–H groups in total. The number of benzene rings is 10. The van der Waals surface area contributed by atoms with Crippen LogP contribution in [0, 0.1) is 0 Å². The van der Waals surface area contributed by atoms with Gasteiger partial charge in [-0.15, -0.1) is 0 Å². The topological polar surface area (TPSA) is 21.3 Å². The van der Waals surface area contributed by atoms with Gasteiger partial charge in [0.25, 0.3) is 0 Å². The molecular weight excluding hydrogens is 717 g/mol. The van der Waals surface area contributed by atoms with Gasteiger partial charge in [-0.05, 0) is 111 Å². The fourth-order valence-corrected chi connectivity index (χ4v) is 9.27. The maximum absolute atomic E-state index is 6.55. The normalized spacial score (nSPS) is 11.7. The molecule has 0 fully saturated rings. The molecule has 3 heteroatoms. The lowest BCUT2D eigenvalue weighted by Crippen LogP contribution is -2.10. The van der Waals surface area contributed by atoms with Crippen molar-refractivity contribution in [2.75, 3.05) is 4.90 Å². The van der Waals surface area contributed by atoms with Gasteiger partial charge < -0.3 is 13.9 Å². The molecule has 3 nitrogen and oxygen atoms in total. The predicted molar refractivity (Wildman–Crippen MR) is 249 cm³/mol. The highest BCUT2D eigenvalue weighted by Gasteiger charge is 2.19. The zero-order valence-electron chi connectivity index (χ0n) is 32.1. The lowest BCUT2D eigenvalue weighted by Gasteiger charge is -2.26. The second-order valence-corrected chi connectivity index (χ2v) is 15.3. The minimum absolute atomic E-state index is 0.896. The van der Waals surface area contributed by atoms with E-state index in [0.29, 0.717) is 0 Å². The average molecular weight is 753 g/mol. The molecule has 0 saturated heterocycles. The van der Waals surface area contributed by atoms with Crippen molar-refractivity contribution in [3.63, 3.8) is 0 Å². The molecule has 0 aliphatic rings. The van der Waals surface area contributed by atoms with Gasteiger partial charge in [-0.3, -0.25) is 0 Å². The first-order valence-corrected chi connectivity index (χ1v) is 20.2. The molecule has 0 saturated carbocycles. The van der Waals surface area contributed by atoms with E-state index in [1.54, 1.807) is 0 Å². The number of hydrogen-bond donors (Lipinski definition) is 0. The number of aromatic nitrogens is 1. The Morgan fingerprint density at radius 1 is 0.356 bits per heavy atom. The zero-order chi connectivity index (χ0) is 38.9. The monoisotopic (exact) mass is 752 g/mol. The first kappa shape index (κ1) is 33.3. The molecular formula is C56H36N2O. The van der Waals surface area contributed by atoms with Crippen LogP contribution in [0.15, 0.2) is 223 Å².